The quantitative estimate of drug-likeness (QED) is 0.464. The summed E-state index contributed by atoms with van der Waals surface area (Å²) < 4.78 is 7.08. The molecule has 0 aliphatic rings. The topological polar surface area (TPSA) is 73.2 Å². The third kappa shape index (κ3) is 5.01. The Bertz CT molecular complexity index is 950. The van der Waals surface area contributed by atoms with E-state index >= 15 is 0 Å². The molecule has 1 N–H and O–H groups in total. The molecule has 0 saturated heterocycles. The summed E-state index contributed by atoms with van der Waals surface area (Å²) >= 11 is 1.45. The predicted molar refractivity (Wildman–Crippen MR) is 110 cm³/mol. The molecule has 0 bridgehead atoms. The Morgan fingerprint density at radius 1 is 1.11 bits per heavy atom. The van der Waals surface area contributed by atoms with Gasteiger partial charge in [0.15, 0.2) is 5.82 Å². The Labute approximate surface area is 167 Å². The van der Waals surface area contributed by atoms with Crippen LogP contribution in [0.4, 0.5) is 5.69 Å². The minimum atomic E-state index is -0.156. The molecule has 0 unspecified atom stereocenters. The molecule has 0 spiro atoms. The van der Waals surface area contributed by atoms with Crippen LogP contribution in [-0.2, 0) is 11.8 Å². The van der Waals surface area contributed by atoms with E-state index in [1.165, 1.54) is 11.8 Å². The number of hydrogen-bond acceptors (Lipinski definition) is 5. The number of benzene rings is 2. The van der Waals surface area contributed by atoms with Crippen molar-refractivity contribution < 1.29 is 14.3 Å². The van der Waals surface area contributed by atoms with Crippen molar-refractivity contribution in [2.45, 2.75) is 11.8 Å². The van der Waals surface area contributed by atoms with Crippen molar-refractivity contribution >= 4 is 29.1 Å². The van der Waals surface area contributed by atoms with Crippen molar-refractivity contribution in [1.82, 2.24) is 9.55 Å². The second-order valence-corrected chi connectivity index (χ2v) is 7.06. The van der Waals surface area contributed by atoms with Gasteiger partial charge in [-0.25, -0.2) is 4.98 Å². The number of imidazole rings is 1. The Morgan fingerprint density at radius 3 is 2.43 bits per heavy atom. The van der Waals surface area contributed by atoms with E-state index in [1.807, 2.05) is 31.2 Å². The third-order valence-corrected chi connectivity index (χ3v) is 4.97. The van der Waals surface area contributed by atoms with Crippen LogP contribution in [0, 0.1) is 0 Å². The van der Waals surface area contributed by atoms with Gasteiger partial charge in [-0.15, -0.1) is 11.8 Å². The van der Waals surface area contributed by atoms with Crippen LogP contribution in [0.2, 0.25) is 0 Å². The minimum Gasteiger partial charge on any atom is -0.494 e. The zero-order chi connectivity index (χ0) is 19.9. The van der Waals surface area contributed by atoms with Crippen LogP contribution >= 0.6 is 11.8 Å². The number of aromatic nitrogens is 2. The van der Waals surface area contributed by atoms with Gasteiger partial charge in [0.1, 0.15) is 5.75 Å². The van der Waals surface area contributed by atoms with Crippen LogP contribution in [0.5, 0.6) is 5.75 Å². The van der Waals surface area contributed by atoms with Crippen LogP contribution in [-0.4, -0.2) is 33.6 Å². The summed E-state index contributed by atoms with van der Waals surface area (Å²) in [6, 6.07) is 14.5. The molecule has 7 heteroatoms. The highest BCUT2D eigenvalue weighted by atomic mass is 32.2. The first-order chi connectivity index (χ1) is 13.6. The van der Waals surface area contributed by atoms with Gasteiger partial charge in [0.25, 0.3) is 0 Å². The number of rotatable bonds is 8. The first kappa shape index (κ1) is 19.7. The first-order valence-corrected chi connectivity index (χ1v) is 9.83. The van der Waals surface area contributed by atoms with E-state index in [9.17, 15) is 9.59 Å². The van der Waals surface area contributed by atoms with Crippen LogP contribution in [0.3, 0.4) is 0 Å². The largest absolute Gasteiger partial charge is 0.494 e. The van der Waals surface area contributed by atoms with Gasteiger partial charge in [-0.1, -0.05) is 0 Å². The molecule has 2 aromatic carbocycles. The van der Waals surface area contributed by atoms with Crippen LogP contribution in [0.15, 0.2) is 65.8 Å². The maximum Gasteiger partial charge on any atom is 0.234 e. The molecule has 1 aromatic heterocycles. The summed E-state index contributed by atoms with van der Waals surface area (Å²) in [5.41, 5.74) is 1.17. The SMILES string of the molecule is CCOc1ccc(SCC(=O)Nc2ccc(C(=O)c3nccn3C)cc2)cc1. The summed E-state index contributed by atoms with van der Waals surface area (Å²) in [6.45, 7) is 2.56. The van der Waals surface area contributed by atoms with Gasteiger partial charge in [0.2, 0.25) is 11.7 Å². The lowest BCUT2D eigenvalue weighted by atomic mass is 10.1. The van der Waals surface area contributed by atoms with Gasteiger partial charge in [-0.2, -0.15) is 0 Å². The Kier molecular flexibility index (Phi) is 6.49. The molecular formula is C21H21N3O3S. The standard InChI is InChI=1S/C21H21N3O3S/c1-3-27-17-8-10-18(11-9-17)28-14-19(25)23-16-6-4-15(5-7-16)20(26)21-22-12-13-24(21)2/h4-13H,3,14H2,1-2H3,(H,23,25). The fourth-order valence-electron chi connectivity index (χ4n) is 2.56. The third-order valence-electron chi connectivity index (χ3n) is 3.96. The summed E-state index contributed by atoms with van der Waals surface area (Å²) in [5, 5.41) is 2.84. The van der Waals surface area contributed by atoms with E-state index in [2.05, 4.69) is 10.3 Å². The number of ether oxygens (including phenoxy) is 1. The van der Waals surface area contributed by atoms with E-state index < -0.39 is 0 Å². The second kappa shape index (κ2) is 9.23. The number of aryl methyl sites for hydroxylation is 1. The molecule has 0 aliphatic heterocycles. The molecule has 6 nitrogen and oxygen atoms in total. The highest BCUT2D eigenvalue weighted by Gasteiger charge is 2.13. The summed E-state index contributed by atoms with van der Waals surface area (Å²) in [4.78, 5) is 29.6. The average molecular weight is 395 g/mol. The molecule has 1 amide bonds. The van der Waals surface area contributed by atoms with E-state index in [0.717, 1.165) is 10.6 Å². The molecular weight excluding hydrogens is 374 g/mol. The molecule has 3 aromatic rings. The van der Waals surface area contributed by atoms with Crippen molar-refractivity contribution in [2.75, 3.05) is 17.7 Å². The monoisotopic (exact) mass is 395 g/mol. The Balaban J connectivity index is 1.53. The molecule has 28 heavy (non-hydrogen) atoms. The number of anilines is 1. The fraction of sp³-hybridized carbons (Fsp3) is 0.190. The Hall–Kier alpha value is -3.06. The first-order valence-electron chi connectivity index (χ1n) is 8.84. The van der Waals surface area contributed by atoms with Crippen LogP contribution in [0.1, 0.15) is 23.1 Å². The van der Waals surface area contributed by atoms with Gasteiger partial charge in [-0.3, -0.25) is 9.59 Å². The van der Waals surface area contributed by atoms with Gasteiger partial charge in [-0.05, 0) is 55.5 Å². The number of ketones is 1. The van der Waals surface area contributed by atoms with Crippen molar-refractivity contribution in [3.8, 4) is 5.75 Å². The molecule has 1 heterocycles. The number of amides is 1. The molecule has 0 saturated carbocycles. The molecule has 0 atom stereocenters. The summed E-state index contributed by atoms with van der Waals surface area (Å²) in [5.74, 6) is 1.22. The number of thioether (sulfide) groups is 1. The van der Waals surface area contributed by atoms with Gasteiger partial charge in [0.05, 0.1) is 12.4 Å². The summed E-state index contributed by atoms with van der Waals surface area (Å²) in [7, 11) is 1.77. The number of nitrogens with zero attached hydrogens (tertiary/aromatic N) is 2. The average Bonchev–Trinajstić information content (AvgIpc) is 3.13. The molecule has 0 fully saturated rings. The smallest absolute Gasteiger partial charge is 0.234 e. The minimum absolute atomic E-state index is 0.109. The number of nitrogens with one attached hydrogen (secondary N) is 1. The lowest BCUT2D eigenvalue weighted by Gasteiger charge is -2.07. The zero-order valence-corrected chi connectivity index (χ0v) is 16.5. The van der Waals surface area contributed by atoms with E-state index in [0.29, 0.717) is 29.4 Å². The summed E-state index contributed by atoms with van der Waals surface area (Å²) in [6.07, 6.45) is 3.31. The van der Waals surface area contributed by atoms with Gasteiger partial charge >= 0.3 is 0 Å². The molecule has 144 valence electrons. The van der Waals surface area contributed by atoms with Crippen LogP contribution in [0.25, 0.3) is 0 Å². The van der Waals surface area contributed by atoms with Crippen molar-refractivity contribution in [3.63, 3.8) is 0 Å². The van der Waals surface area contributed by atoms with Gasteiger partial charge < -0.3 is 14.6 Å². The van der Waals surface area contributed by atoms with E-state index in [1.54, 1.807) is 48.3 Å². The fourth-order valence-corrected chi connectivity index (χ4v) is 3.26. The zero-order valence-electron chi connectivity index (χ0n) is 15.7. The lowest BCUT2D eigenvalue weighted by Crippen LogP contribution is -2.14. The van der Waals surface area contributed by atoms with Crippen molar-refractivity contribution in [2.24, 2.45) is 7.05 Å². The van der Waals surface area contributed by atoms with E-state index in [4.69, 9.17) is 4.74 Å². The highest BCUT2D eigenvalue weighted by Crippen LogP contribution is 2.22. The number of carbonyl (C=O) groups is 2. The lowest BCUT2D eigenvalue weighted by molar-refractivity contribution is -0.113. The maximum atomic E-state index is 12.4. The van der Waals surface area contributed by atoms with Crippen molar-refractivity contribution in [1.29, 1.82) is 0 Å². The normalized spacial score (nSPS) is 10.5. The molecule has 3 rings (SSSR count). The van der Waals surface area contributed by atoms with Crippen LogP contribution < -0.4 is 10.1 Å². The predicted octanol–water partition coefficient (Wildman–Crippen LogP) is 3.78. The molecule has 0 aliphatic carbocycles. The second-order valence-electron chi connectivity index (χ2n) is 6.01. The van der Waals surface area contributed by atoms with Gasteiger partial charge in [0, 0.05) is 35.6 Å². The van der Waals surface area contributed by atoms with Crippen molar-refractivity contribution in [3.05, 3.63) is 72.3 Å². The van der Waals surface area contributed by atoms with E-state index in [-0.39, 0.29) is 11.7 Å². The Morgan fingerprint density at radius 2 is 1.82 bits per heavy atom. The highest BCUT2D eigenvalue weighted by molar-refractivity contribution is 8.00. The molecule has 0 radical (unpaired) electrons. The number of hydrogen-bond donors (Lipinski definition) is 1. The maximum absolute atomic E-state index is 12.4. The number of carbonyl (C=O) groups excluding carboxylic acids is 2.